The van der Waals surface area contributed by atoms with Gasteiger partial charge in [-0.15, -0.1) is 0 Å². The van der Waals surface area contributed by atoms with E-state index in [0.717, 1.165) is 5.56 Å². The number of aryl methyl sites for hydroxylation is 1. The normalized spacial score (nSPS) is 14.3. The van der Waals surface area contributed by atoms with Gasteiger partial charge in [0, 0.05) is 10.6 Å². The molecule has 2 nitrogen and oxygen atoms in total. The average molecular weight is 245 g/mol. The third kappa shape index (κ3) is 2.53. The Morgan fingerprint density at radius 2 is 2.19 bits per heavy atom. The second kappa shape index (κ2) is 4.83. The molecule has 0 heterocycles. The van der Waals surface area contributed by atoms with Crippen LogP contribution in [0.15, 0.2) is 18.2 Å². The maximum absolute atomic E-state index is 14.2. The lowest BCUT2D eigenvalue weighted by atomic mass is 9.97. The van der Waals surface area contributed by atoms with Gasteiger partial charge in [0.05, 0.1) is 6.61 Å². The number of alkyl halides is 1. The van der Waals surface area contributed by atoms with Crippen molar-refractivity contribution in [1.29, 1.82) is 0 Å². The van der Waals surface area contributed by atoms with E-state index in [-0.39, 0.29) is 12.2 Å². The molecule has 16 heavy (non-hydrogen) atoms. The number of halogens is 2. The van der Waals surface area contributed by atoms with Crippen molar-refractivity contribution >= 4 is 17.6 Å². The molecule has 88 valence electrons. The molecule has 1 aromatic carbocycles. The van der Waals surface area contributed by atoms with E-state index in [2.05, 4.69) is 4.74 Å². The lowest BCUT2D eigenvalue weighted by Crippen LogP contribution is -2.29. The van der Waals surface area contributed by atoms with Gasteiger partial charge in [-0.05, 0) is 32.4 Å². The van der Waals surface area contributed by atoms with Crippen molar-refractivity contribution in [1.82, 2.24) is 0 Å². The number of hydrogen-bond acceptors (Lipinski definition) is 2. The van der Waals surface area contributed by atoms with E-state index in [4.69, 9.17) is 11.6 Å². The predicted molar refractivity (Wildman–Crippen MR) is 61.3 cm³/mol. The van der Waals surface area contributed by atoms with Crippen LogP contribution in [0, 0.1) is 6.92 Å². The molecular formula is C12H14ClFO2. The topological polar surface area (TPSA) is 26.3 Å². The summed E-state index contributed by atoms with van der Waals surface area (Å²) in [5, 5.41) is 0.436. The molecule has 1 atom stereocenters. The van der Waals surface area contributed by atoms with Crippen molar-refractivity contribution < 1.29 is 13.9 Å². The largest absolute Gasteiger partial charge is 0.463 e. The van der Waals surface area contributed by atoms with Gasteiger partial charge in [0.25, 0.3) is 0 Å². The molecule has 0 saturated carbocycles. The van der Waals surface area contributed by atoms with Crippen LogP contribution in [0.25, 0.3) is 0 Å². The Kier molecular flexibility index (Phi) is 3.92. The minimum atomic E-state index is -2.16. The number of carbonyl (C=O) groups excluding carboxylic acids is 1. The van der Waals surface area contributed by atoms with Gasteiger partial charge in [0.1, 0.15) is 0 Å². The highest BCUT2D eigenvalue weighted by Gasteiger charge is 2.37. The summed E-state index contributed by atoms with van der Waals surface area (Å²) in [4.78, 5) is 11.4. The summed E-state index contributed by atoms with van der Waals surface area (Å²) in [6.07, 6.45) is 0. The van der Waals surface area contributed by atoms with Gasteiger partial charge < -0.3 is 4.74 Å². The minimum absolute atomic E-state index is 0.151. The zero-order valence-electron chi connectivity index (χ0n) is 9.51. The number of benzene rings is 1. The molecule has 0 saturated heterocycles. The van der Waals surface area contributed by atoms with Crippen molar-refractivity contribution in [2.24, 2.45) is 0 Å². The van der Waals surface area contributed by atoms with Crippen LogP contribution in [0.5, 0.6) is 0 Å². The van der Waals surface area contributed by atoms with Crippen LogP contribution >= 0.6 is 11.6 Å². The minimum Gasteiger partial charge on any atom is -0.463 e. The van der Waals surface area contributed by atoms with Crippen LogP contribution in [0.2, 0.25) is 5.02 Å². The fourth-order valence-electron chi connectivity index (χ4n) is 1.27. The van der Waals surface area contributed by atoms with E-state index in [1.807, 2.05) is 6.92 Å². The number of ether oxygens (including phenoxy) is 1. The Morgan fingerprint density at radius 1 is 1.56 bits per heavy atom. The molecule has 0 aliphatic carbocycles. The molecule has 1 unspecified atom stereocenters. The van der Waals surface area contributed by atoms with Crippen molar-refractivity contribution in [2.45, 2.75) is 26.4 Å². The van der Waals surface area contributed by atoms with Crippen LogP contribution in [-0.4, -0.2) is 12.6 Å². The van der Waals surface area contributed by atoms with Gasteiger partial charge in [0.2, 0.25) is 5.67 Å². The molecule has 0 bridgehead atoms. The SMILES string of the molecule is CCOC(=O)C(C)(F)c1ccc(C)c(Cl)c1. The summed E-state index contributed by atoms with van der Waals surface area (Å²) in [6, 6.07) is 4.67. The first-order chi connectivity index (χ1) is 7.39. The van der Waals surface area contributed by atoms with Crippen LogP contribution < -0.4 is 0 Å². The smallest absolute Gasteiger partial charge is 0.348 e. The molecule has 0 aromatic heterocycles. The number of carbonyl (C=O) groups is 1. The van der Waals surface area contributed by atoms with Crippen molar-refractivity contribution in [3.05, 3.63) is 34.3 Å². The van der Waals surface area contributed by atoms with Crippen LogP contribution in [0.4, 0.5) is 4.39 Å². The highest BCUT2D eigenvalue weighted by Crippen LogP contribution is 2.30. The maximum atomic E-state index is 14.2. The zero-order valence-corrected chi connectivity index (χ0v) is 10.3. The van der Waals surface area contributed by atoms with E-state index >= 15 is 0 Å². The Bertz CT molecular complexity index is 402. The van der Waals surface area contributed by atoms with Gasteiger partial charge in [-0.1, -0.05) is 23.7 Å². The van der Waals surface area contributed by atoms with Crippen molar-refractivity contribution in [3.63, 3.8) is 0 Å². The average Bonchev–Trinajstić information content (AvgIpc) is 2.22. The summed E-state index contributed by atoms with van der Waals surface area (Å²) in [5.41, 5.74) is -1.11. The van der Waals surface area contributed by atoms with Crippen LogP contribution in [0.1, 0.15) is 25.0 Å². The fraction of sp³-hybridized carbons (Fsp3) is 0.417. The van der Waals surface area contributed by atoms with Gasteiger partial charge in [-0.25, -0.2) is 9.18 Å². The summed E-state index contributed by atoms with van der Waals surface area (Å²) in [7, 11) is 0. The summed E-state index contributed by atoms with van der Waals surface area (Å²) < 4.78 is 18.9. The zero-order chi connectivity index (χ0) is 12.3. The molecule has 0 spiro atoms. The standard InChI is InChI=1S/C12H14ClFO2/c1-4-16-11(15)12(3,14)9-6-5-8(2)10(13)7-9/h5-7H,4H2,1-3H3. The second-order valence-electron chi connectivity index (χ2n) is 3.69. The summed E-state index contributed by atoms with van der Waals surface area (Å²) in [5.74, 6) is -0.894. The highest BCUT2D eigenvalue weighted by molar-refractivity contribution is 6.31. The number of esters is 1. The predicted octanol–water partition coefficient (Wildman–Crippen LogP) is 3.40. The van der Waals surface area contributed by atoms with E-state index in [1.165, 1.54) is 19.1 Å². The first-order valence-electron chi connectivity index (χ1n) is 5.02. The molecule has 0 N–H and O–H groups in total. The molecular weight excluding hydrogens is 231 g/mol. The molecule has 0 aliphatic rings. The van der Waals surface area contributed by atoms with Crippen LogP contribution in [0.3, 0.4) is 0 Å². The monoisotopic (exact) mass is 244 g/mol. The molecule has 1 aromatic rings. The third-order valence-electron chi connectivity index (χ3n) is 2.37. The number of rotatable bonds is 3. The lowest BCUT2D eigenvalue weighted by molar-refractivity contribution is -0.156. The van der Waals surface area contributed by atoms with Gasteiger partial charge in [-0.3, -0.25) is 0 Å². The quantitative estimate of drug-likeness (QED) is 0.762. The third-order valence-corrected chi connectivity index (χ3v) is 2.78. The second-order valence-corrected chi connectivity index (χ2v) is 4.09. The van der Waals surface area contributed by atoms with E-state index in [0.29, 0.717) is 5.02 Å². The van der Waals surface area contributed by atoms with E-state index in [9.17, 15) is 9.18 Å². The Morgan fingerprint density at radius 3 is 2.69 bits per heavy atom. The highest BCUT2D eigenvalue weighted by atomic mass is 35.5. The molecule has 0 fully saturated rings. The molecule has 4 heteroatoms. The first-order valence-corrected chi connectivity index (χ1v) is 5.40. The van der Waals surface area contributed by atoms with Crippen molar-refractivity contribution in [2.75, 3.05) is 6.61 Å². The summed E-state index contributed by atoms with van der Waals surface area (Å²) in [6.45, 7) is 4.77. The Hall–Kier alpha value is -1.09. The Balaban J connectivity index is 3.06. The Labute approximate surface area is 99.4 Å². The van der Waals surface area contributed by atoms with Gasteiger partial charge in [0.15, 0.2) is 0 Å². The fourth-order valence-corrected chi connectivity index (χ4v) is 1.45. The maximum Gasteiger partial charge on any atom is 0.348 e. The first kappa shape index (κ1) is 13.0. The van der Waals surface area contributed by atoms with E-state index < -0.39 is 11.6 Å². The van der Waals surface area contributed by atoms with E-state index in [1.54, 1.807) is 13.0 Å². The van der Waals surface area contributed by atoms with Gasteiger partial charge in [-0.2, -0.15) is 0 Å². The van der Waals surface area contributed by atoms with Gasteiger partial charge >= 0.3 is 5.97 Å². The molecule has 0 amide bonds. The van der Waals surface area contributed by atoms with Crippen molar-refractivity contribution in [3.8, 4) is 0 Å². The molecule has 0 radical (unpaired) electrons. The van der Waals surface area contributed by atoms with Crippen LogP contribution in [-0.2, 0) is 15.2 Å². The number of hydrogen-bond donors (Lipinski definition) is 0. The summed E-state index contributed by atoms with van der Waals surface area (Å²) >= 11 is 5.88. The molecule has 1 rings (SSSR count). The molecule has 0 aliphatic heterocycles. The lowest BCUT2D eigenvalue weighted by Gasteiger charge is -2.19.